The lowest BCUT2D eigenvalue weighted by Gasteiger charge is -2.61. The molecule has 134 valence electrons. The Morgan fingerprint density at radius 2 is 1.83 bits per heavy atom. The standard InChI is InChI=1S/C21H39NS/c1-15(2)18-12-21(11-17(18)5)14-22(19(21)16(3)4)13-20(6)9-7-8-10-23-20/h15-19H,7-14H2,1-6H3/t17-,18?,19?,20?,21?/m1/s1. The third-order valence-corrected chi connectivity index (χ3v) is 8.74. The van der Waals surface area contributed by atoms with Crippen LogP contribution in [0.1, 0.15) is 73.6 Å². The van der Waals surface area contributed by atoms with Gasteiger partial charge in [-0.15, -0.1) is 0 Å². The average Bonchev–Trinajstić information content (AvgIpc) is 2.77. The number of hydrogen-bond donors (Lipinski definition) is 0. The van der Waals surface area contributed by atoms with Gasteiger partial charge in [-0.3, -0.25) is 4.90 Å². The van der Waals surface area contributed by atoms with E-state index in [1.807, 2.05) is 0 Å². The lowest BCUT2D eigenvalue weighted by molar-refractivity contribution is -0.102. The first-order valence-electron chi connectivity index (χ1n) is 10.1. The maximum Gasteiger partial charge on any atom is 0.0259 e. The lowest BCUT2D eigenvalue weighted by Crippen LogP contribution is -2.68. The van der Waals surface area contributed by atoms with Crippen molar-refractivity contribution in [2.75, 3.05) is 18.8 Å². The van der Waals surface area contributed by atoms with Crippen molar-refractivity contribution in [2.45, 2.75) is 84.4 Å². The largest absolute Gasteiger partial charge is 0.298 e. The van der Waals surface area contributed by atoms with Crippen molar-refractivity contribution in [1.29, 1.82) is 0 Å². The molecule has 0 amide bonds. The van der Waals surface area contributed by atoms with Crippen molar-refractivity contribution in [3.8, 4) is 0 Å². The van der Waals surface area contributed by atoms with E-state index >= 15 is 0 Å². The molecular weight excluding hydrogens is 298 g/mol. The van der Waals surface area contributed by atoms with Crippen LogP contribution in [-0.4, -0.2) is 34.5 Å². The molecular formula is C21H39NS. The highest BCUT2D eigenvalue weighted by atomic mass is 32.2. The van der Waals surface area contributed by atoms with Crippen LogP contribution in [0.25, 0.3) is 0 Å². The fraction of sp³-hybridized carbons (Fsp3) is 1.00. The van der Waals surface area contributed by atoms with Gasteiger partial charge in [0.1, 0.15) is 0 Å². The summed E-state index contributed by atoms with van der Waals surface area (Å²) >= 11 is 2.25. The monoisotopic (exact) mass is 337 g/mol. The molecule has 4 unspecified atom stereocenters. The third-order valence-electron chi connectivity index (χ3n) is 7.22. The van der Waals surface area contributed by atoms with Crippen LogP contribution in [0.4, 0.5) is 0 Å². The van der Waals surface area contributed by atoms with Gasteiger partial charge in [0.15, 0.2) is 0 Å². The molecule has 2 saturated heterocycles. The van der Waals surface area contributed by atoms with E-state index in [9.17, 15) is 0 Å². The Labute approximate surface area is 149 Å². The molecule has 0 aromatic rings. The second-order valence-corrected chi connectivity index (χ2v) is 11.7. The predicted molar refractivity (Wildman–Crippen MR) is 104 cm³/mol. The van der Waals surface area contributed by atoms with E-state index in [1.54, 1.807) is 0 Å². The molecule has 0 aromatic heterocycles. The molecule has 2 aliphatic heterocycles. The highest BCUT2D eigenvalue weighted by Crippen LogP contribution is 2.59. The fourth-order valence-corrected chi connectivity index (χ4v) is 7.90. The minimum atomic E-state index is 0.522. The zero-order valence-electron chi connectivity index (χ0n) is 16.4. The van der Waals surface area contributed by atoms with Crippen molar-refractivity contribution in [2.24, 2.45) is 29.1 Å². The molecule has 0 aromatic carbocycles. The van der Waals surface area contributed by atoms with Gasteiger partial charge in [0.2, 0.25) is 0 Å². The summed E-state index contributed by atoms with van der Waals surface area (Å²) in [6, 6.07) is 0.841. The Kier molecular flexibility index (Phi) is 5.16. The molecule has 3 aliphatic rings. The summed E-state index contributed by atoms with van der Waals surface area (Å²) in [7, 11) is 0. The van der Waals surface area contributed by atoms with Crippen LogP contribution in [-0.2, 0) is 0 Å². The zero-order chi connectivity index (χ0) is 16.8. The maximum atomic E-state index is 2.89. The quantitative estimate of drug-likeness (QED) is 0.648. The lowest BCUT2D eigenvalue weighted by atomic mass is 9.64. The van der Waals surface area contributed by atoms with Gasteiger partial charge < -0.3 is 0 Å². The molecule has 5 atom stereocenters. The number of likely N-dealkylation sites (tertiary alicyclic amines) is 1. The first-order chi connectivity index (χ1) is 10.8. The van der Waals surface area contributed by atoms with Crippen molar-refractivity contribution in [1.82, 2.24) is 4.90 Å². The molecule has 1 nitrogen and oxygen atoms in total. The van der Waals surface area contributed by atoms with Crippen LogP contribution < -0.4 is 0 Å². The fourth-order valence-electron chi connectivity index (χ4n) is 6.51. The van der Waals surface area contributed by atoms with E-state index < -0.39 is 0 Å². The molecule has 23 heavy (non-hydrogen) atoms. The maximum absolute atomic E-state index is 2.89. The van der Waals surface area contributed by atoms with E-state index in [1.165, 1.54) is 50.9 Å². The van der Waals surface area contributed by atoms with Gasteiger partial charge in [-0.05, 0) is 67.4 Å². The summed E-state index contributed by atoms with van der Waals surface area (Å²) < 4.78 is 0.522. The second kappa shape index (κ2) is 6.56. The highest BCUT2D eigenvalue weighted by molar-refractivity contribution is 8.00. The van der Waals surface area contributed by atoms with E-state index in [2.05, 4.69) is 58.2 Å². The Morgan fingerprint density at radius 3 is 2.35 bits per heavy atom. The number of rotatable bonds is 4. The van der Waals surface area contributed by atoms with Gasteiger partial charge in [-0.25, -0.2) is 0 Å². The van der Waals surface area contributed by atoms with E-state index in [0.717, 1.165) is 29.7 Å². The topological polar surface area (TPSA) is 3.24 Å². The smallest absolute Gasteiger partial charge is 0.0259 e. The van der Waals surface area contributed by atoms with Gasteiger partial charge >= 0.3 is 0 Å². The molecule has 1 aliphatic carbocycles. The number of nitrogens with zero attached hydrogens (tertiary/aromatic N) is 1. The Morgan fingerprint density at radius 1 is 1.09 bits per heavy atom. The van der Waals surface area contributed by atoms with Gasteiger partial charge in [-0.2, -0.15) is 11.8 Å². The Balaban J connectivity index is 1.69. The number of hydrogen-bond acceptors (Lipinski definition) is 2. The van der Waals surface area contributed by atoms with E-state index in [4.69, 9.17) is 0 Å². The summed E-state index contributed by atoms with van der Waals surface area (Å²) in [5, 5.41) is 0. The summed E-state index contributed by atoms with van der Waals surface area (Å²) in [5.41, 5.74) is 0.651. The Hall–Kier alpha value is 0.310. The zero-order valence-corrected chi connectivity index (χ0v) is 17.2. The minimum absolute atomic E-state index is 0.522. The van der Waals surface area contributed by atoms with E-state index in [0.29, 0.717) is 10.2 Å². The van der Waals surface area contributed by atoms with Crippen LogP contribution in [0, 0.1) is 29.1 Å². The first-order valence-corrected chi connectivity index (χ1v) is 11.1. The summed E-state index contributed by atoms with van der Waals surface area (Å²) in [5.74, 6) is 4.93. The predicted octanol–water partition coefficient (Wildman–Crippen LogP) is 5.69. The summed E-state index contributed by atoms with van der Waals surface area (Å²) in [6.07, 6.45) is 7.29. The van der Waals surface area contributed by atoms with Crippen molar-refractivity contribution >= 4 is 11.8 Å². The molecule has 1 saturated carbocycles. The Bertz CT molecular complexity index is 412. The van der Waals surface area contributed by atoms with Crippen molar-refractivity contribution < 1.29 is 0 Å². The molecule has 0 bridgehead atoms. The molecule has 2 heterocycles. The van der Waals surface area contributed by atoms with Gasteiger partial charge in [0, 0.05) is 23.9 Å². The van der Waals surface area contributed by atoms with Crippen molar-refractivity contribution in [3.05, 3.63) is 0 Å². The van der Waals surface area contributed by atoms with Gasteiger partial charge in [0.25, 0.3) is 0 Å². The van der Waals surface area contributed by atoms with Gasteiger partial charge in [-0.1, -0.05) is 41.0 Å². The molecule has 3 rings (SSSR count). The molecule has 0 N–H and O–H groups in total. The van der Waals surface area contributed by atoms with Crippen molar-refractivity contribution in [3.63, 3.8) is 0 Å². The molecule has 3 fully saturated rings. The number of thioether (sulfide) groups is 1. The highest BCUT2D eigenvalue weighted by Gasteiger charge is 2.59. The van der Waals surface area contributed by atoms with Crippen LogP contribution in [0.3, 0.4) is 0 Å². The van der Waals surface area contributed by atoms with Gasteiger partial charge in [0.05, 0.1) is 0 Å². The molecule has 1 spiro atoms. The summed E-state index contributed by atoms with van der Waals surface area (Å²) in [4.78, 5) is 2.89. The van der Waals surface area contributed by atoms with Crippen LogP contribution in [0.15, 0.2) is 0 Å². The summed E-state index contributed by atoms with van der Waals surface area (Å²) in [6.45, 7) is 17.6. The van der Waals surface area contributed by atoms with Crippen LogP contribution >= 0.6 is 11.8 Å². The van der Waals surface area contributed by atoms with Crippen LogP contribution in [0.2, 0.25) is 0 Å². The molecule has 0 radical (unpaired) electrons. The van der Waals surface area contributed by atoms with E-state index in [-0.39, 0.29) is 0 Å². The minimum Gasteiger partial charge on any atom is -0.298 e. The second-order valence-electron chi connectivity index (χ2n) is 10.0. The van der Waals surface area contributed by atoms with Crippen LogP contribution in [0.5, 0.6) is 0 Å². The average molecular weight is 338 g/mol. The molecule has 2 heteroatoms. The third kappa shape index (κ3) is 3.36. The normalized spacial score (nSPS) is 45.1. The first kappa shape index (κ1) is 18.1. The SMILES string of the molecule is CC(C)C1CC2(C[C@H]1C)CN(CC1(C)CCCCS1)C2C(C)C.